The smallest absolute Gasteiger partial charge is 0.323 e. The van der Waals surface area contributed by atoms with Gasteiger partial charge in [-0.05, 0) is 47.9 Å². The van der Waals surface area contributed by atoms with Crippen LogP contribution in [-0.4, -0.2) is 50.2 Å². The second-order valence-corrected chi connectivity index (χ2v) is 8.29. The minimum absolute atomic E-state index is 0.0734. The first-order valence-electron chi connectivity index (χ1n) is 14.7. The molecule has 2 aliphatic heterocycles. The second-order valence-electron chi connectivity index (χ2n) is 8.29. The number of carbonyl (C=O) groups excluding carboxylic acids is 1. The first kappa shape index (κ1) is 13.6. The maximum absolute atomic E-state index is 13.0. The zero-order valence-corrected chi connectivity index (χ0v) is 18.4. The SMILES string of the molecule is [2H]C1([2H])C2c3cc(OC)c(OC)cc3C([2H])([2H])C([2H])([2H])N2C([2H])([2H])C([2H])(CC(C)C)C1OC(=O)[C@@H](N)C(C)C. The Labute approximate surface area is 193 Å². The van der Waals surface area contributed by atoms with Crippen LogP contribution in [-0.2, 0) is 15.9 Å². The summed E-state index contributed by atoms with van der Waals surface area (Å²) in [5.41, 5.74) is 5.60. The van der Waals surface area contributed by atoms with Crippen molar-refractivity contribution in [3.63, 3.8) is 0 Å². The lowest BCUT2D eigenvalue weighted by Gasteiger charge is -2.47. The summed E-state index contributed by atoms with van der Waals surface area (Å²) in [6.45, 7) is 0.527. The molecule has 168 valence electrons. The molecule has 30 heavy (non-hydrogen) atoms. The number of carbonyl (C=O) groups is 1. The molecule has 0 radical (unpaired) electrons. The summed E-state index contributed by atoms with van der Waals surface area (Å²) < 4.78 is 97.7. The van der Waals surface area contributed by atoms with Crippen molar-refractivity contribution in [1.82, 2.24) is 4.90 Å². The number of hydrogen-bond acceptors (Lipinski definition) is 6. The van der Waals surface area contributed by atoms with Crippen LogP contribution in [0.3, 0.4) is 0 Å². The van der Waals surface area contributed by atoms with Gasteiger partial charge in [-0.2, -0.15) is 0 Å². The van der Waals surface area contributed by atoms with E-state index in [1.54, 1.807) is 27.7 Å². The largest absolute Gasteiger partial charge is 0.493 e. The molecular formula is C24H38N2O4. The number of ether oxygens (including phenoxy) is 3. The van der Waals surface area contributed by atoms with Gasteiger partial charge in [0, 0.05) is 43.6 Å². The van der Waals surface area contributed by atoms with E-state index < -0.39 is 61.7 Å². The molecule has 1 aromatic carbocycles. The van der Waals surface area contributed by atoms with Crippen molar-refractivity contribution in [3.8, 4) is 11.5 Å². The predicted octanol–water partition coefficient (Wildman–Crippen LogP) is 3.56. The number of nitrogens with zero attached hydrogens (tertiary/aromatic N) is 1. The number of esters is 1. The van der Waals surface area contributed by atoms with Gasteiger partial charge in [0.25, 0.3) is 0 Å². The molecule has 3 unspecified atom stereocenters. The highest BCUT2D eigenvalue weighted by Crippen LogP contribution is 2.44. The summed E-state index contributed by atoms with van der Waals surface area (Å²) in [5, 5.41) is 0. The van der Waals surface area contributed by atoms with Crippen LogP contribution in [0.1, 0.15) is 70.0 Å². The lowest BCUT2D eigenvalue weighted by molar-refractivity contribution is -0.160. The Kier molecular flexibility index (Phi) is 4.33. The van der Waals surface area contributed by atoms with Gasteiger partial charge in [0.1, 0.15) is 12.1 Å². The standard InChI is InChI=1S/C24H38N2O4/c1-14(2)9-17-13-26-8-7-16-10-21(28-5)22(29-6)11-18(16)19(26)12-20(17)30-24(27)23(25)15(3)4/h10-11,14-15,17,19-20,23H,7-9,12-13,25H2,1-6H3/t17?,19?,20?,23-/m0/s1/i7D2,8D2,12D2,13D2,17D. The topological polar surface area (TPSA) is 74.0 Å². The van der Waals surface area contributed by atoms with E-state index in [4.69, 9.17) is 28.2 Å². The molecule has 1 saturated heterocycles. The molecule has 4 atom stereocenters. The van der Waals surface area contributed by atoms with Gasteiger partial charge in [-0.25, -0.2) is 0 Å². The number of aryl methyl sites for hydroxylation is 1. The number of rotatable bonds is 7. The molecule has 3 rings (SSSR count). The Morgan fingerprint density at radius 2 is 1.93 bits per heavy atom. The van der Waals surface area contributed by atoms with Crippen molar-refractivity contribution in [2.24, 2.45) is 23.5 Å². The van der Waals surface area contributed by atoms with E-state index in [0.29, 0.717) is 4.90 Å². The van der Waals surface area contributed by atoms with E-state index in [-0.39, 0.29) is 35.0 Å². The molecule has 0 amide bonds. The van der Waals surface area contributed by atoms with E-state index in [1.807, 2.05) is 0 Å². The average molecular weight is 428 g/mol. The first-order valence-corrected chi connectivity index (χ1v) is 10.2. The van der Waals surface area contributed by atoms with Crippen LogP contribution < -0.4 is 15.2 Å². The van der Waals surface area contributed by atoms with Crippen LogP contribution in [0, 0.1) is 17.7 Å². The fraction of sp³-hybridized carbons (Fsp3) is 0.708. The van der Waals surface area contributed by atoms with Crippen LogP contribution >= 0.6 is 0 Å². The van der Waals surface area contributed by atoms with Gasteiger partial charge < -0.3 is 19.9 Å². The third kappa shape index (κ3) is 4.75. The molecule has 6 heteroatoms. The highest BCUT2D eigenvalue weighted by atomic mass is 16.5. The minimum atomic E-state index is -3.15. The van der Waals surface area contributed by atoms with E-state index >= 15 is 0 Å². The number of fused-ring (bicyclic) bond motifs is 3. The fourth-order valence-electron chi connectivity index (χ4n) is 3.43. The Balaban J connectivity index is 2.42. The molecule has 2 N–H and O–H groups in total. The highest BCUT2D eigenvalue weighted by Gasteiger charge is 2.41. The Morgan fingerprint density at radius 3 is 2.53 bits per heavy atom. The van der Waals surface area contributed by atoms with Crippen molar-refractivity contribution >= 4 is 5.97 Å². The molecule has 0 bridgehead atoms. The summed E-state index contributed by atoms with van der Waals surface area (Å²) in [5.74, 6) is -4.18. The van der Waals surface area contributed by atoms with Crippen molar-refractivity contribution in [1.29, 1.82) is 0 Å². The molecule has 0 spiro atoms. The van der Waals surface area contributed by atoms with Crippen molar-refractivity contribution in [2.75, 3.05) is 27.2 Å². The normalized spacial score (nSPS) is 38.5. The van der Waals surface area contributed by atoms with Crippen molar-refractivity contribution in [3.05, 3.63) is 23.3 Å². The minimum Gasteiger partial charge on any atom is -0.493 e. The Bertz CT molecular complexity index is 1120. The van der Waals surface area contributed by atoms with Crippen molar-refractivity contribution in [2.45, 2.75) is 65.0 Å². The number of nitrogens with two attached hydrogens (primary N) is 1. The number of benzene rings is 1. The Hall–Kier alpha value is -1.79. The molecule has 1 aromatic rings. The molecule has 0 saturated carbocycles. The quantitative estimate of drug-likeness (QED) is 0.671. The lowest BCUT2D eigenvalue weighted by atomic mass is 9.79. The molecule has 2 heterocycles. The van der Waals surface area contributed by atoms with Crippen molar-refractivity contribution < 1.29 is 31.3 Å². The van der Waals surface area contributed by atoms with Gasteiger partial charge in [-0.15, -0.1) is 0 Å². The number of piperidine rings is 1. The third-order valence-electron chi connectivity index (χ3n) is 5.16. The maximum atomic E-state index is 13.0. The molecule has 6 nitrogen and oxygen atoms in total. The molecule has 0 aromatic heterocycles. The van der Waals surface area contributed by atoms with Gasteiger partial charge in [-0.3, -0.25) is 9.69 Å². The zero-order valence-electron chi connectivity index (χ0n) is 27.4. The first-order chi connectivity index (χ1) is 17.6. The number of hydrogen-bond donors (Lipinski definition) is 1. The van der Waals surface area contributed by atoms with Gasteiger partial charge in [0.05, 0.1) is 14.2 Å². The second kappa shape index (κ2) is 9.56. The van der Waals surface area contributed by atoms with E-state index in [9.17, 15) is 8.91 Å². The third-order valence-corrected chi connectivity index (χ3v) is 5.16. The lowest BCUT2D eigenvalue weighted by Crippen LogP contribution is -2.51. The summed E-state index contributed by atoms with van der Waals surface area (Å²) >= 11 is 0. The Morgan fingerprint density at radius 1 is 1.27 bits per heavy atom. The van der Waals surface area contributed by atoms with E-state index in [1.165, 1.54) is 26.4 Å². The summed E-state index contributed by atoms with van der Waals surface area (Å²) in [6, 6.07) is -0.497. The molecule has 0 aliphatic carbocycles. The highest BCUT2D eigenvalue weighted by molar-refractivity contribution is 5.76. The fourth-order valence-corrected chi connectivity index (χ4v) is 3.43. The molecule has 2 aliphatic rings. The summed E-state index contributed by atoms with van der Waals surface area (Å²) in [6.07, 6.45) is -8.01. The zero-order chi connectivity index (χ0) is 30.1. The molecule has 1 fully saturated rings. The van der Waals surface area contributed by atoms with Gasteiger partial charge in [-0.1, -0.05) is 27.7 Å². The predicted molar refractivity (Wildman–Crippen MR) is 118 cm³/mol. The van der Waals surface area contributed by atoms with Crippen LogP contribution in [0.5, 0.6) is 11.5 Å². The van der Waals surface area contributed by atoms with Crippen LogP contribution in [0.2, 0.25) is 0 Å². The van der Waals surface area contributed by atoms with Crippen LogP contribution in [0.15, 0.2) is 12.1 Å². The van der Waals surface area contributed by atoms with Gasteiger partial charge >= 0.3 is 5.97 Å². The van der Waals surface area contributed by atoms with E-state index in [2.05, 4.69) is 0 Å². The maximum Gasteiger partial charge on any atom is 0.323 e. The van der Waals surface area contributed by atoms with Gasteiger partial charge in [0.15, 0.2) is 11.5 Å². The van der Waals surface area contributed by atoms with Crippen LogP contribution in [0.25, 0.3) is 0 Å². The number of methoxy groups -OCH3 is 2. The average Bonchev–Trinajstić information content (AvgIpc) is 2.81. The van der Waals surface area contributed by atoms with Crippen LogP contribution in [0.4, 0.5) is 0 Å². The van der Waals surface area contributed by atoms with Gasteiger partial charge in [0.2, 0.25) is 0 Å². The molecular weight excluding hydrogens is 380 g/mol. The summed E-state index contributed by atoms with van der Waals surface area (Å²) in [4.78, 5) is 13.5. The van der Waals surface area contributed by atoms with E-state index in [0.717, 1.165) is 0 Å². The summed E-state index contributed by atoms with van der Waals surface area (Å²) in [7, 11) is 2.64. The monoisotopic (exact) mass is 427 g/mol.